The molecule has 0 aromatic carbocycles. The van der Waals surface area contributed by atoms with Gasteiger partial charge in [0.05, 0.1) is 6.20 Å². The fraction of sp³-hybridized carbons (Fsp3) is 0.389. The summed E-state index contributed by atoms with van der Waals surface area (Å²) in [6.07, 6.45) is 7.13. The van der Waals surface area contributed by atoms with E-state index in [1.165, 1.54) is 0 Å². The number of anilines is 1. The van der Waals surface area contributed by atoms with Gasteiger partial charge in [-0.15, -0.1) is 0 Å². The van der Waals surface area contributed by atoms with Gasteiger partial charge in [0.2, 0.25) is 0 Å². The average Bonchev–Trinajstić information content (AvgIpc) is 2.67. The van der Waals surface area contributed by atoms with Crippen molar-refractivity contribution in [1.29, 1.82) is 0 Å². The highest BCUT2D eigenvalue weighted by Gasteiger charge is 2.26. The summed E-state index contributed by atoms with van der Waals surface area (Å²) in [5.74, 6) is 1.55. The largest absolute Gasteiger partial charge is 0.482 e. The summed E-state index contributed by atoms with van der Waals surface area (Å²) in [7, 11) is 1.85. The lowest BCUT2D eigenvalue weighted by molar-refractivity contribution is -0.134. The van der Waals surface area contributed by atoms with Crippen LogP contribution in [0.3, 0.4) is 0 Å². The Morgan fingerprint density at radius 2 is 2.25 bits per heavy atom. The molecule has 0 aliphatic carbocycles. The molecule has 1 aliphatic rings. The van der Waals surface area contributed by atoms with Gasteiger partial charge in [-0.1, -0.05) is 6.07 Å². The van der Waals surface area contributed by atoms with E-state index in [0.29, 0.717) is 5.75 Å². The summed E-state index contributed by atoms with van der Waals surface area (Å²) in [5.41, 5.74) is 0. The molecule has 6 nitrogen and oxygen atoms in total. The van der Waals surface area contributed by atoms with Crippen LogP contribution in [0, 0.1) is 0 Å². The molecule has 0 saturated carbocycles. The number of nitrogens with zero attached hydrogens (tertiary/aromatic N) is 4. The van der Waals surface area contributed by atoms with Crippen LogP contribution in [0.2, 0.25) is 0 Å². The van der Waals surface area contributed by atoms with Crippen molar-refractivity contribution in [3.63, 3.8) is 0 Å². The summed E-state index contributed by atoms with van der Waals surface area (Å²) in [6, 6.07) is 9.67. The first-order chi connectivity index (χ1) is 11.7. The van der Waals surface area contributed by atoms with Crippen LogP contribution in [-0.2, 0) is 4.79 Å². The summed E-state index contributed by atoms with van der Waals surface area (Å²) in [6.45, 7) is 1.80. The number of carbonyl (C=O) groups is 1. The minimum Gasteiger partial charge on any atom is -0.482 e. The zero-order valence-electron chi connectivity index (χ0n) is 13.8. The minimum absolute atomic E-state index is 0.0216. The van der Waals surface area contributed by atoms with E-state index < -0.39 is 0 Å². The number of carbonyl (C=O) groups excluding carboxylic acids is 1. The molecule has 1 atom stereocenters. The minimum atomic E-state index is -0.0216. The van der Waals surface area contributed by atoms with Gasteiger partial charge in [-0.3, -0.25) is 9.78 Å². The molecule has 1 amide bonds. The van der Waals surface area contributed by atoms with Crippen molar-refractivity contribution in [2.45, 2.75) is 18.9 Å². The number of pyridine rings is 2. The quantitative estimate of drug-likeness (QED) is 0.841. The number of rotatable bonds is 5. The second kappa shape index (κ2) is 7.77. The molecule has 3 heterocycles. The summed E-state index contributed by atoms with van der Waals surface area (Å²) in [5, 5.41) is 0. The Kier molecular flexibility index (Phi) is 5.25. The smallest absolute Gasteiger partial charge is 0.260 e. The molecule has 24 heavy (non-hydrogen) atoms. The van der Waals surface area contributed by atoms with Crippen LogP contribution in [0.15, 0.2) is 48.9 Å². The first kappa shape index (κ1) is 16.2. The monoisotopic (exact) mass is 326 g/mol. The van der Waals surface area contributed by atoms with E-state index in [4.69, 9.17) is 4.74 Å². The first-order valence-corrected chi connectivity index (χ1v) is 8.18. The highest BCUT2D eigenvalue weighted by molar-refractivity contribution is 5.78. The summed E-state index contributed by atoms with van der Waals surface area (Å²) >= 11 is 0. The van der Waals surface area contributed by atoms with E-state index in [-0.39, 0.29) is 18.6 Å². The Balaban J connectivity index is 1.55. The molecule has 126 valence electrons. The van der Waals surface area contributed by atoms with Crippen molar-refractivity contribution in [3.05, 3.63) is 48.9 Å². The topological polar surface area (TPSA) is 58.6 Å². The lowest BCUT2D eigenvalue weighted by Crippen LogP contribution is -2.50. The van der Waals surface area contributed by atoms with Crippen LogP contribution < -0.4 is 9.64 Å². The van der Waals surface area contributed by atoms with E-state index in [0.717, 1.165) is 31.7 Å². The van der Waals surface area contributed by atoms with Crippen LogP contribution in [0.25, 0.3) is 0 Å². The van der Waals surface area contributed by atoms with Crippen molar-refractivity contribution < 1.29 is 9.53 Å². The van der Waals surface area contributed by atoms with Gasteiger partial charge in [0.1, 0.15) is 11.6 Å². The normalized spacial score (nSPS) is 17.4. The lowest BCUT2D eigenvalue weighted by Gasteiger charge is -2.38. The molecule has 3 rings (SSSR count). The zero-order valence-corrected chi connectivity index (χ0v) is 13.8. The molecule has 0 spiro atoms. The third-order valence-corrected chi connectivity index (χ3v) is 4.31. The predicted octanol–water partition coefficient (Wildman–Crippen LogP) is 1.98. The molecule has 0 radical (unpaired) electrons. The van der Waals surface area contributed by atoms with Crippen molar-refractivity contribution >= 4 is 11.7 Å². The molecule has 1 fully saturated rings. The zero-order chi connectivity index (χ0) is 16.8. The van der Waals surface area contributed by atoms with Gasteiger partial charge in [-0.25, -0.2) is 4.98 Å². The Morgan fingerprint density at radius 1 is 1.33 bits per heavy atom. The van der Waals surface area contributed by atoms with Gasteiger partial charge in [0.25, 0.3) is 5.91 Å². The SMILES string of the molecule is CN(C(=O)COc1cccnc1)C1CCCN(c2ccccn2)C1. The van der Waals surface area contributed by atoms with Crippen molar-refractivity contribution in [2.75, 3.05) is 31.6 Å². The molecule has 2 aromatic heterocycles. The maximum absolute atomic E-state index is 12.4. The Morgan fingerprint density at radius 3 is 3.00 bits per heavy atom. The van der Waals surface area contributed by atoms with Gasteiger partial charge >= 0.3 is 0 Å². The average molecular weight is 326 g/mol. The number of ether oxygens (including phenoxy) is 1. The number of piperidine rings is 1. The fourth-order valence-corrected chi connectivity index (χ4v) is 2.90. The predicted molar refractivity (Wildman–Crippen MR) is 92.0 cm³/mol. The third-order valence-electron chi connectivity index (χ3n) is 4.31. The van der Waals surface area contributed by atoms with Gasteiger partial charge in [0, 0.05) is 38.6 Å². The standard InChI is InChI=1S/C18H22N4O2/c1-21(18(23)14-24-16-7-4-9-19-12-16)15-6-5-11-22(13-15)17-8-2-3-10-20-17/h2-4,7-10,12,15H,5-6,11,13-14H2,1H3. The fourth-order valence-electron chi connectivity index (χ4n) is 2.90. The highest BCUT2D eigenvalue weighted by atomic mass is 16.5. The maximum Gasteiger partial charge on any atom is 0.260 e. The summed E-state index contributed by atoms with van der Waals surface area (Å²) < 4.78 is 5.51. The molecule has 2 aromatic rings. The van der Waals surface area contributed by atoms with Crippen molar-refractivity contribution in [2.24, 2.45) is 0 Å². The Labute approximate surface area is 142 Å². The summed E-state index contributed by atoms with van der Waals surface area (Å²) in [4.78, 5) is 24.8. The molecule has 1 saturated heterocycles. The maximum atomic E-state index is 12.4. The second-order valence-electron chi connectivity index (χ2n) is 5.91. The van der Waals surface area contributed by atoms with E-state index in [2.05, 4.69) is 14.9 Å². The van der Waals surface area contributed by atoms with Crippen LogP contribution in [-0.4, -0.2) is 53.6 Å². The van der Waals surface area contributed by atoms with Crippen LogP contribution >= 0.6 is 0 Å². The Bertz CT molecular complexity index is 651. The van der Waals surface area contributed by atoms with E-state index in [9.17, 15) is 4.79 Å². The van der Waals surface area contributed by atoms with Crippen LogP contribution in [0.4, 0.5) is 5.82 Å². The Hall–Kier alpha value is -2.63. The lowest BCUT2D eigenvalue weighted by atomic mass is 10.0. The van der Waals surface area contributed by atoms with E-state index in [1.807, 2.05) is 25.2 Å². The molecule has 6 heteroatoms. The highest BCUT2D eigenvalue weighted by Crippen LogP contribution is 2.20. The van der Waals surface area contributed by atoms with Crippen LogP contribution in [0.5, 0.6) is 5.75 Å². The number of likely N-dealkylation sites (N-methyl/N-ethyl adjacent to an activating group) is 1. The van der Waals surface area contributed by atoms with Crippen molar-refractivity contribution in [1.82, 2.24) is 14.9 Å². The molecule has 0 N–H and O–H groups in total. The molecular formula is C18H22N4O2. The van der Waals surface area contributed by atoms with Gasteiger partial charge in [0.15, 0.2) is 6.61 Å². The molecule has 1 aliphatic heterocycles. The van der Waals surface area contributed by atoms with Gasteiger partial charge in [-0.05, 0) is 37.1 Å². The molecular weight excluding hydrogens is 304 g/mol. The molecule has 0 bridgehead atoms. The van der Waals surface area contributed by atoms with E-state index in [1.54, 1.807) is 35.6 Å². The van der Waals surface area contributed by atoms with E-state index >= 15 is 0 Å². The number of amides is 1. The first-order valence-electron chi connectivity index (χ1n) is 8.18. The van der Waals surface area contributed by atoms with Gasteiger partial charge in [-0.2, -0.15) is 0 Å². The van der Waals surface area contributed by atoms with Crippen molar-refractivity contribution in [3.8, 4) is 5.75 Å². The second-order valence-corrected chi connectivity index (χ2v) is 5.91. The number of hydrogen-bond donors (Lipinski definition) is 0. The number of hydrogen-bond acceptors (Lipinski definition) is 5. The van der Waals surface area contributed by atoms with Crippen LogP contribution in [0.1, 0.15) is 12.8 Å². The number of aromatic nitrogens is 2. The third kappa shape index (κ3) is 4.01. The molecule has 1 unspecified atom stereocenters. The van der Waals surface area contributed by atoms with Gasteiger partial charge < -0.3 is 14.5 Å².